The number of piperazine rings is 1. The van der Waals surface area contributed by atoms with Gasteiger partial charge in [-0.15, -0.1) is 0 Å². The van der Waals surface area contributed by atoms with Gasteiger partial charge in [0.25, 0.3) is 0 Å². The summed E-state index contributed by atoms with van der Waals surface area (Å²) in [6, 6.07) is 15.8. The first kappa shape index (κ1) is 19.5. The molecule has 5 nitrogen and oxygen atoms in total. The Hall–Kier alpha value is -2.24. The van der Waals surface area contributed by atoms with Gasteiger partial charge in [-0.05, 0) is 30.2 Å². The highest BCUT2D eigenvalue weighted by molar-refractivity contribution is 6.30. The molecule has 3 rings (SSSR count). The minimum Gasteiger partial charge on any atom is -0.496 e. The van der Waals surface area contributed by atoms with Gasteiger partial charge in [0.15, 0.2) is 0 Å². The second-order valence-corrected chi connectivity index (χ2v) is 7.12. The molecule has 1 saturated heterocycles. The third-order valence-electron chi connectivity index (χ3n) is 4.82. The van der Waals surface area contributed by atoms with Gasteiger partial charge in [0.1, 0.15) is 5.75 Å². The zero-order chi connectivity index (χ0) is 19.1. The Morgan fingerprint density at radius 1 is 1.11 bits per heavy atom. The number of rotatable bonds is 6. The summed E-state index contributed by atoms with van der Waals surface area (Å²) in [5.41, 5.74) is 2.31. The van der Waals surface area contributed by atoms with E-state index in [2.05, 4.69) is 16.3 Å². The van der Waals surface area contributed by atoms with Crippen LogP contribution in [-0.2, 0) is 13.0 Å². The quantitative estimate of drug-likeness (QED) is 0.826. The van der Waals surface area contributed by atoms with Crippen molar-refractivity contribution in [1.29, 1.82) is 0 Å². The van der Waals surface area contributed by atoms with Crippen LogP contribution < -0.4 is 10.1 Å². The van der Waals surface area contributed by atoms with E-state index in [1.165, 1.54) is 5.56 Å². The van der Waals surface area contributed by atoms with E-state index in [1.54, 1.807) is 7.11 Å². The van der Waals surface area contributed by atoms with E-state index in [0.717, 1.165) is 55.5 Å². The van der Waals surface area contributed by atoms with E-state index in [-0.39, 0.29) is 6.03 Å². The van der Waals surface area contributed by atoms with Crippen LogP contribution in [0.25, 0.3) is 0 Å². The third-order valence-corrected chi connectivity index (χ3v) is 5.06. The Balaban J connectivity index is 1.41. The number of halogens is 1. The molecule has 0 aromatic heterocycles. The van der Waals surface area contributed by atoms with E-state index >= 15 is 0 Å². The number of ether oxygens (including phenoxy) is 1. The number of benzene rings is 2. The molecule has 1 heterocycles. The van der Waals surface area contributed by atoms with Crippen molar-refractivity contribution in [1.82, 2.24) is 15.1 Å². The van der Waals surface area contributed by atoms with Crippen LogP contribution >= 0.6 is 11.6 Å². The maximum absolute atomic E-state index is 12.4. The number of para-hydroxylation sites is 1. The molecule has 27 heavy (non-hydrogen) atoms. The molecule has 0 saturated carbocycles. The van der Waals surface area contributed by atoms with Crippen LogP contribution in [0.2, 0.25) is 5.02 Å². The van der Waals surface area contributed by atoms with Crippen molar-refractivity contribution in [2.45, 2.75) is 13.0 Å². The molecule has 144 valence electrons. The van der Waals surface area contributed by atoms with Gasteiger partial charge >= 0.3 is 6.03 Å². The maximum Gasteiger partial charge on any atom is 0.317 e. The van der Waals surface area contributed by atoms with Crippen molar-refractivity contribution >= 4 is 17.6 Å². The molecule has 1 fully saturated rings. The lowest BCUT2D eigenvalue weighted by Gasteiger charge is -2.34. The first-order valence-corrected chi connectivity index (χ1v) is 9.65. The predicted octanol–water partition coefficient (Wildman–Crippen LogP) is 3.42. The van der Waals surface area contributed by atoms with Crippen LogP contribution in [0.15, 0.2) is 48.5 Å². The molecule has 1 aliphatic rings. The average Bonchev–Trinajstić information content (AvgIpc) is 2.69. The molecule has 0 unspecified atom stereocenters. The fourth-order valence-electron chi connectivity index (χ4n) is 3.30. The lowest BCUT2D eigenvalue weighted by molar-refractivity contribution is 0.134. The normalized spacial score (nSPS) is 14.8. The summed E-state index contributed by atoms with van der Waals surface area (Å²) in [7, 11) is 1.70. The van der Waals surface area contributed by atoms with Crippen molar-refractivity contribution in [3.63, 3.8) is 0 Å². The van der Waals surface area contributed by atoms with Crippen LogP contribution in [-0.4, -0.2) is 55.7 Å². The van der Waals surface area contributed by atoms with Crippen molar-refractivity contribution < 1.29 is 9.53 Å². The molecule has 0 spiro atoms. The average molecular weight is 388 g/mol. The molecule has 2 aromatic rings. The lowest BCUT2D eigenvalue weighted by atomic mass is 10.1. The summed E-state index contributed by atoms with van der Waals surface area (Å²) in [6.07, 6.45) is 0.778. The topological polar surface area (TPSA) is 44.8 Å². The van der Waals surface area contributed by atoms with Crippen LogP contribution in [0.1, 0.15) is 11.1 Å². The Labute approximate surface area is 165 Å². The highest BCUT2D eigenvalue weighted by Gasteiger charge is 2.21. The molecular weight excluding hydrogens is 362 g/mol. The monoisotopic (exact) mass is 387 g/mol. The standard InChI is InChI=1S/C21H26ClN3O2/c1-27-20-8-3-2-6-18(20)16-24-11-13-25(14-12-24)21(26)23-10-9-17-5-4-7-19(22)15-17/h2-8,15H,9-14,16H2,1H3,(H,23,26). The van der Waals surface area contributed by atoms with E-state index in [4.69, 9.17) is 16.3 Å². The van der Waals surface area contributed by atoms with Gasteiger partial charge in [-0.2, -0.15) is 0 Å². The van der Waals surface area contributed by atoms with E-state index in [9.17, 15) is 4.79 Å². The second kappa shape index (κ2) is 9.62. The molecule has 2 aromatic carbocycles. The van der Waals surface area contributed by atoms with Gasteiger partial charge in [-0.3, -0.25) is 4.90 Å². The molecule has 0 atom stereocenters. The Morgan fingerprint density at radius 3 is 2.63 bits per heavy atom. The van der Waals surface area contributed by atoms with E-state index in [1.807, 2.05) is 47.4 Å². The van der Waals surface area contributed by atoms with Crippen LogP contribution in [0, 0.1) is 0 Å². The molecular formula is C21H26ClN3O2. The minimum absolute atomic E-state index is 0.00831. The van der Waals surface area contributed by atoms with E-state index < -0.39 is 0 Å². The second-order valence-electron chi connectivity index (χ2n) is 6.69. The van der Waals surface area contributed by atoms with Crippen molar-refractivity contribution in [2.75, 3.05) is 39.8 Å². The molecule has 1 aliphatic heterocycles. The maximum atomic E-state index is 12.4. The van der Waals surface area contributed by atoms with Crippen LogP contribution in [0.3, 0.4) is 0 Å². The highest BCUT2D eigenvalue weighted by atomic mass is 35.5. The van der Waals surface area contributed by atoms with Crippen LogP contribution in [0.4, 0.5) is 4.79 Å². The minimum atomic E-state index is 0.00831. The Bertz CT molecular complexity index is 761. The fourth-order valence-corrected chi connectivity index (χ4v) is 3.51. The van der Waals surface area contributed by atoms with E-state index in [0.29, 0.717) is 6.54 Å². The number of nitrogens with zero attached hydrogens (tertiary/aromatic N) is 2. The summed E-state index contributed by atoms with van der Waals surface area (Å²) in [5, 5.41) is 3.74. The predicted molar refractivity (Wildman–Crippen MR) is 108 cm³/mol. The largest absolute Gasteiger partial charge is 0.496 e. The summed E-state index contributed by atoms with van der Waals surface area (Å²) >= 11 is 5.99. The van der Waals surface area contributed by atoms with Gasteiger partial charge in [-0.1, -0.05) is 41.9 Å². The number of carbonyl (C=O) groups excluding carboxylic acids is 1. The van der Waals surface area contributed by atoms with Crippen molar-refractivity contribution in [2.24, 2.45) is 0 Å². The molecule has 0 radical (unpaired) electrons. The number of amides is 2. The number of methoxy groups -OCH3 is 1. The fraction of sp³-hybridized carbons (Fsp3) is 0.381. The van der Waals surface area contributed by atoms with Gasteiger partial charge < -0.3 is 15.0 Å². The Morgan fingerprint density at radius 2 is 1.89 bits per heavy atom. The van der Waals surface area contributed by atoms with Gasteiger partial charge in [-0.25, -0.2) is 4.79 Å². The zero-order valence-corrected chi connectivity index (χ0v) is 16.4. The zero-order valence-electron chi connectivity index (χ0n) is 15.7. The first-order valence-electron chi connectivity index (χ1n) is 9.27. The smallest absolute Gasteiger partial charge is 0.317 e. The van der Waals surface area contributed by atoms with Gasteiger partial charge in [0.05, 0.1) is 7.11 Å². The summed E-state index contributed by atoms with van der Waals surface area (Å²) in [5.74, 6) is 0.915. The molecule has 2 amide bonds. The molecule has 0 bridgehead atoms. The molecule has 0 aliphatic carbocycles. The van der Waals surface area contributed by atoms with Crippen LogP contribution in [0.5, 0.6) is 5.75 Å². The number of hydrogen-bond donors (Lipinski definition) is 1. The first-order chi connectivity index (χ1) is 13.2. The Kier molecular flexibility index (Phi) is 6.96. The number of hydrogen-bond acceptors (Lipinski definition) is 3. The molecule has 6 heteroatoms. The SMILES string of the molecule is COc1ccccc1CN1CCN(C(=O)NCCc2cccc(Cl)c2)CC1. The van der Waals surface area contributed by atoms with Crippen molar-refractivity contribution in [3.05, 3.63) is 64.7 Å². The van der Waals surface area contributed by atoms with Crippen molar-refractivity contribution in [3.8, 4) is 5.75 Å². The number of nitrogens with one attached hydrogen (secondary N) is 1. The van der Waals surface area contributed by atoms with Gasteiger partial charge in [0.2, 0.25) is 0 Å². The molecule has 1 N–H and O–H groups in total. The highest BCUT2D eigenvalue weighted by Crippen LogP contribution is 2.20. The number of carbonyl (C=O) groups is 1. The lowest BCUT2D eigenvalue weighted by Crippen LogP contribution is -2.51. The number of urea groups is 1. The summed E-state index contributed by atoms with van der Waals surface area (Å²) < 4.78 is 5.42. The summed E-state index contributed by atoms with van der Waals surface area (Å²) in [4.78, 5) is 16.6. The third kappa shape index (κ3) is 5.62. The summed E-state index contributed by atoms with van der Waals surface area (Å²) in [6.45, 7) is 4.64. The van der Waals surface area contributed by atoms with Gasteiger partial charge in [0, 0.05) is 49.9 Å².